The molecule has 6 nitrogen and oxygen atoms in total. The predicted molar refractivity (Wildman–Crippen MR) is 73.2 cm³/mol. The number of carboxylic acid groups (broad SMARTS) is 1. The van der Waals surface area contributed by atoms with Gasteiger partial charge in [0, 0.05) is 11.1 Å². The van der Waals surface area contributed by atoms with E-state index in [0.29, 0.717) is 0 Å². The van der Waals surface area contributed by atoms with Crippen molar-refractivity contribution in [1.82, 2.24) is 15.6 Å². The van der Waals surface area contributed by atoms with Crippen LogP contribution in [0.4, 0.5) is 4.79 Å². The lowest BCUT2D eigenvalue weighted by atomic mass is 10.1. The Morgan fingerprint density at radius 1 is 1.32 bits per heavy atom. The molecule has 1 rings (SSSR count). The third-order valence-electron chi connectivity index (χ3n) is 2.58. The van der Waals surface area contributed by atoms with Crippen LogP contribution in [-0.2, 0) is 4.79 Å². The van der Waals surface area contributed by atoms with E-state index in [4.69, 9.17) is 5.11 Å². The first kappa shape index (κ1) is 15.4. The topological polar surface area (TPSA) is 91.3 Å². The van der Waals surface area contributed by atoms with Crippen LogP contribution in [0.25, 0.3) is 0 Å². The number of rotatable bonds is 5. The first-order chi connectivity index (χ1) is 8.81. The molecule has 1 aromatic rings. The molecule has 1 aromatic heterocycles. The molecule has 2 unspecified atom stereocenters. The molecule has 0 saturated carbocycles. The number of hydrogen-bond acceptors (Lipinski definition) is 4. The van der Waals surface area contributed by atoms with Gasteiger partial charge in [-0.25, -0.2) is 14.6 Å². The van der Waals surface area contributed by atoms with Crippen LogP contribution in [-0.4, -0.2) is 28.1 Å². The molecule has 106 valence electrons. The Bertz CT molecular complexity index is 459. The number of carbonyl (C=O) groups excluding carboxylic acids is 1. The molecule has 0 spiro atoms. The number of aliphatic carboxylic acids is 1. The Labute approximate surface area is 116 Å². The molecule has 0 aromatic carbocycles. The fourth-order valence-corrected chi connectivity index (χ4v) is 2.30. The highest BCUT2D eigenvalue weighted by molar-refractivity contribution is 7.11. The van der Waals surface area contributed by atoms with Gasteiger partial charge in [0.05, 0.1) is 6.04 Å². The first-order valence-electron chi connectivity index (χ1n) is 6.03. The van der Waals surface area contributed by atoms with Crippen molar-refractivity contribution in [2.24, 2.45) is 5.92 Å². The largest absolute Gasteiger partial charge is 0.480 e. The second-order valence-corrected chi connectivity index (χ2v) is 5.97. The number of nitrogens with zero attached hydrogens (tertiary/aromatic N) is 1. The second kappa shape index (κ2) is 6.51. The lowest BCUT2D eigenvalue weighted by Gasteiger charge is -2.19. The Morgan fingerprint density at radius 2 is 1.95 bits per heavy atom. The van der Waals surface area contributed by atoms with Crippen molar-refractivity contribution in [3.05, 3.63) is 16.1 Å². The van der Waals surface area contributed by atoms with Crippen LogP contribution < -0.4 is 10.6 Å². The summed E-state index contributed by atoms with van der Waals surface area (Å²) in [5.74, 6) is -1.22. The van der Waals surface area contributed by atoms with E-state index in [1.54, 1.807) is 20.0 Å². The van der Waals surface area contributed by atoms with Gasteiger partial charge in [-0.3, -0.25) is 0 Å². The lowest BCUT2D eigenvalue weighted by molar-refractivity contribution is -0.140. The number of hydrogen-bond donors (Lipinski definition) is 3. The number of amides is 2. The molecular formula is C12H19N3O3S. The number of aromatic nitrogens is 1. The Morgan fingerprint density at radius 3 is 2.37 bits per heavy atom. The normalized spacial score (nSPS) is 13.9. The van der Waals surface area contributed by atoms with Gasteiger partial charge in [0.1, 0.15) is 11.0 Å². The molecule has 2 atom stereocenters. The minimum Gasteiger partial charge on any atom is -0.480 e. The molecule has 3 N–H and O–H groups in total. The van der Waals surface area contributed by atoms with E-state index < -0.39 is 18.0 Å². The zero-order valence-corrected chi connectivity index (χ0v) is 12.2. The van der Waals surface area contributed by atoms with Crippen molar-refractivity contribution < 1.29 is 14.7 Å². The first-order valence-corrected chi connectivity index (χ1v) is 6.85. The quantitative estimate of drug-likeness (QED) is 0.770. The Balaban J connectivity index is 2.57. The average molecular weight is 285 g/mol. The molecular weight excluding hydrogens is 266 g/mol. The summed E-state index contributed by atoms with van der Waals surface area (Å²) in [6.07, 6.45) is 1.74. The maximum atomic E-state index is 11.7. The van der Waals surface area contributed by atoms with E-state index in [2.05, 4.69) is 15.6 Å². The predicted octanol–water partition coefficient (Wildman–Crippen LogP) is 1.92. The van der Waals surface area contributed by atoms with Crippen LogP contribution in [0.5, 0.6) is 0 Å². The van der Waals surface area contributed by atoms with E-state index >= 15 is 0 Å². The molecule has 0 radical (unpaired) electrons. The van der Waals surface area contributed by atoms with Gasteiger partial charge in [-0.1, -0.05) is 13.8 Å². The summed E-state index contributed by atoms with van der Waals surface area (Å²) in [7, 11) is 0. The summed E-state index contributed by atoms with van der Waals surface area (Å²) in [5, 5.41) is 14.9. The third-order valence-corrected chi connectivity index (χ3v) is 3.67. The van der Waals surface area contributed by atoms with Crippen LogP contribution in [0.2, 0.25) is 0 Å². The summed E-state index contributed by atoms with van der Waals surface area (Å²) in [5.41, 5.74) is 0. The molecule has 0 aliphatic heterocycles. The van der Waals surface area contributed by atoms with Crippen molar-refractivity contribution in [2.75, 3.05) is 0 Å². The molecule has 1 heterocycles. The van der Waals surface area contributed by atoms with E-state index in [0.717, 1.165) is 9.88 Å². The molecule has 19 heavy (non-hydrogen) atoms. The van der Waals surface area contributed by atoms with Gasteiger partial charge in [0.25, 0.3) is 0 Å². The third kappa shape index (κ3) is 4.51. The number of urea groups is 1. The Kier molecular flexibility index (Phi) is 5.29. The molecule has 7 heteroatoms. The van der Waals surface area contributed by atoms with Gasteiger partial charge in [-0.05, 0) is 19.8 Å². The molecule has 0 bridgehead atoms. The SMILES string of the molecule is Cc1cnc(C(C)NC(=O)NC(C(=O)O)C(C)C)s1. The smallest absolute Gasteiger partial charge is 0.326 e. The average Bonchev–Trinajstić information content (AvgIpc) is 2.72. The van der Waals surface area contributed by atoms with Crippen molar-refractivity contribution in [1.29, 1.82) is 0 Å². The van der Waals surface area contributed by atoms with Gasteiger partial charge in [0.15, 0.2) is 0 Å². The summed E-state index contributed by atoms with van der Waals surface area (Å²) in [6.45, 7) is 7.23. The number of carboxylic acids is 1. The minimum atomic E-state index is -1.04. The van der Waals surface area contributed by atoms with Crippen molar-refractivity contribution in [2.45, 2.75) is 39.8 Å². The van der Waals surface area contributed by atoms with E-state index in [1.807, 2.05) is 13.8 Å². The maximum absolute atomic E-state index is 11.7. The standard InChI is InChI=1S/C12H19N3O3S/c1-6(2)9(11(16)17)15-12(18)14-8(4)10-13-5-7(3)19-10/h5-6,8-9H,1-4H3,(H,16,17)(H2,14,15,18). The summed E-state index contributed by atoms with van der Waals surface area (Å²) in [6, 6.07) is -1.65. The van der Waals surface area contributed by atoms with Crippen molar-refractivity contribution in [3.8, 4) is 0 Å². The van der Waals surface area contributed by atoms with Gasteiger partial charge >= 0.3 is 12.0 Å². The molecule has 0 saturated heterocycles. The molecule has 0 fully saturated rings. The molecule has 0 aliphatic rings. The van der Waals surface area contributed by atoms with E-state index in [-0.39, 0.29) is 12.0 Å². The van der Waals surface area contributed by atoms with Gasteiger partial charge in [-0.2, -0.15) is 0 Å². The minimum absolute atomic E-state index is 0.180. The monoisotopic (exact) mass is 285 g/mol. The lowest BCUT2D eigenvalue weighted by Crippen LogP contribution is -2.49. The van der Waals surface area contributed by atoms with Crippen LogP contribution in [0.15, 0.2) is 6.20 Å². The zero-order chi connectivity index (χ0) is 14.6. The number of aryl methyl sites for hydroxylation is 1. The Hall–Kier alpha value is -1.63. The highest BCUT2D eigenvalue weighted by Crippen LogP contribution is 2.18. The van der Waals surface area contributed by atoms with Crippen LogP contribution in [0.3, 0.4) is 0 Å². The number of thiazole rings is 1. The fraction of sp³-hybridized carbons (Fsp3) is 0.583. The van der Waals surface area contributed by atoms with E-state index in [1.165, 1.54) is 11.3 Å². The van der Waals surface area contributed by atoms with Gasteiger partial charge in [-0.15, -0.1) is 11.3 Å². The molecule has 2 amide bonds. The summed E-state index contributed by atoms with van der Waals surface area (Å²) >= 11 is 1.50. The summed E-state index contributed by atoms with van der Waals surface area (Å²) < 4.78 is 0. The second-order valence-electron chi connectivity index (χ2n) is 4.71. The van der Waals surface area contributed by atoms with Crippen LogP contribution >= 0.6 is 11.3 Å². The number of carbonyl (C=O) groups is 2. The summed E-state index contributed by atoms with van der Waals surface area (Å²) in [4.78, 5) is 28.0. The maximum Gasteiger partial charge on any atom is 0.326 e. The van der Waals surface area contributed by atoms with E-state index in [9.17, 15) is 9.59 Å². The van der Waals surface area contributed by atoms with Crippen LogP contribution in [0, 0.1) is 12.8 Å². The van der Waals surface area contributed by atoms with Crippen molar-refractivity contribution >= 4 is 23.3 Å². The molecule has 0 aliphatic carbocycles. The zero-order valence-electron chi connectivity index (χ0n) is 11.4. The van der Waals surface area contributed by atoms with Crippen molar-refractivity contribution in [3.63, 3.8) is 0 Å². The fourth-order valence-electron chi connectivity index (χ4n) is 1.53. The van der Waals surface area contributed by atoms with Crippen LogP contribution in [0.1, 0.15) is 36.7 Å². The number of nitrogens with one attached hydrogen (secondary N) is 2. The van der Waals surface area contributed by atoms with Gasteiger partial charge < -0.3 is 15.7 Å². The highest BCUT2D eigenvalue weighted by atomic mass is 32.1. The van der Waals surface area contributed by atoms with Gasteiger partial charge in [0.2, 0.25) is 0 Å². The highest BCUT2D eigenvalue weighted by Gasteiger charge is 2.24.